The first-order valence-electron chi connectivity index (χ1n) is 4.72. The molecule has 0 unspecified atom stereocenters. The minimum absolute atomic E-state index is 0.263. The van der Waals surface area contributed by atoms with Gasteiger partial charge in [0.25, 0.3) is 0 Å². The molecule has 0 atom stereocenters. The molecule has 0 amide bonds. The fraction of sp³-hybridized carbons (Fsp3) is 0.364. The molecule has 0 saturated carbocycles. The molecule has 0 N–H and O–H groups in total. The highest BCUT2D eigenvalue weighted by molar-refractivity contribution is 8.00. The van der Waals surface area contributed by atoms with Gasteiger partial charge < -0.3 is 0 Å². The second-order valence-electron chi connectivity index (χ2n) is 3.18. The third-order valence-corrected chi connectivity index (χ3v) is 3.24. The molecule has 0 heterocycles. The summed E-state index contributed by atoms with van der Waals surface area (Å²) in [6.45, 7) is 2.00. The van der Waals surface area contributed by atoms with Crippen LogP contribution < -0.4 is 0 Å². The van der Waals surface area contributed by atoms with Gasteiger partial charge in [-0.25, -0.2) is 0 Å². The summed E-state index contributed by atoms with van der Waals surface area (Å²) in [6.07, 6.45) is 1.54. The molecule has 82 valence electrons. The third-order valence-electron chi connectivity index (χ3n) is 1.76. The van der Waals surface area contributed by atoms with Gasteiger partial charge in [0.05, 0.1) is 5.75 Å². The van der Waals surface area contributed by atoms with Crippen LogP contribution in [-0.2, 0) is 4.79 Å². The largest absolute Gasteiger partial charge is 0.299 e. The number of Topliss-reactive ketones (excluding diaryl/α,β-unsaturated/α-hetero) is 1. The molecular formula is C11H12Cl2OS. The van der Waals surface area contributed by atoms with Gasteiger partial charge in [-0.05, 0) is 24.6 Å². The van der Waals surface area contributed by atoms with Crippen LogP contribution in [0.5, 0.6) is 0 Å². The lowest BCUT2D eigenvalue weighted by Gasteiger charge is -2.02. The van der Waals surface area contributed by atoms with E-state index in [9.17, 15) is 4.79 Å². The lowest BCUT2D eigenvalue weighted by atomic mass is 10.3. The van der Waals surface area contributed by atoms with Crippen molar-refractivity contribution in [2.24, 2.45) is 0 Å². The highest BCUT2D eigenvalue weighted by Crippen LogP contribution is 2.26. The summed E-state index contributed by atoms with van der Waals surface area (Å²) in [5.41, 5.74) is 0. The number of carbonyl (C=O) groups excluding carboxylic acids is 1. The SMILES string of the molecule is CCCC(=O)CSc1cc(Cl)cc(Cl)c1. The number of hydrogen-bond donors (Lipinski definition) is 0. The van der Waals surface area contributed by atoms with Gasteiger partial charge in [-0.2, -0.15) is 0 Å². The minimum atomic E-state index is 0.263. The molecular weight excluding hydrogens is 251 g/mol. The van der Waals surface area contributed by atoms with Crippen molar-refractivity contribution in [3.05, 3.63) is 28.2 Å². The van der Waals surface area contributed by atoms with E-state index in [-0.39, 0.29) is 5.78 Å². The van der Waals surface area contributed by atoms with Gasteiger partial charge in [-0.15, -0.1) is 11.8 Å². The van der Waals surface area contributed by atoms with Crippen LogP contribution in [0.3, 0.4) is 0 Å². The van der Waals surface area contributed by atoms with E-state index in [0.717, 1.165) is 11.3 Å². The lowest BCUT2D eigenvalue weighted by Crippen LogP contribution is -1.99. The first kappa shape index (κ1) is 12.9. The summed E-state index contributed by atoms with van der Waals surface area (Å²) in [5, 5.41) is 1.21. The van der Waals surface area contributed by atoms with E-state index < -0.39 is 0 Å². The Morgan fingerprint density at radius 2 is 1.87 bits per heavy atom. The standard InChI is InChI=1S/C11H12Cl2OS/c1-2-3-10(14)7-15-11-5-8(12)4-9(13)6-11/h4-6H,2-3,7H2,1H3. The third kappa shape index (κ3) is 4.92. The zero-order chi connectivity index (χ0) is 11.3. The van der Waals surface area contributed by atoms with Crippen LogP contribution in [0.4, 0.5) is 0 Å². The van der Waals surface area contributed by atoms with Crippen LogP contribution in [0.2, 0.25) is 10.0 Å². The van der Waals surface area contributed by atoms with Crippen molar-refractivity contribution in [3.63, 3.8) is 0 Å². The predicted molar refractivity (Wildman–Crippen MR) is 67.1 cm³/mol. The van der Waals surface area contributed by atoms with Crippen LogP contribution in [0.15, 0.2) is 23.1 Å². The van der Waals surface area contributed by atoms with E-state index >= 15 is 0 Å². The number of rotatable bonds is 5. The van der Waals surface area contributed by atoms with E-state index in [0.29, 0.717) is 22.2 Å². The van der Waals surface area contributed by atoms with Gasteiger partial charge in [0, 0.05) is 21.4 Å². The molecule has 1 aromatic rings. The monoisotopic (exact) mass is 262 g/mol. The number of halogens is 2. The van der Waals surface area contributed by atoms with Crippen LogP contribution >= 0.6 is 35.0 Å². The summed E-state index contributed by atoms with van der Waals surface area (Å²) in [6, 6.07) is 5.32. The van der Waals surface area contributed by atoms with Gasteiger partial charge >= 0.3 is 0 Å². The molecule has 1 nitrogen and oxygen atoms in total. The summed E-state index contributed by atoms with van der Waals surface area (Å²) in [5.74, 6) is 0.753. The van der Waals surface area contributed by atoms with Crippen molar-refractivity contribution < 1.29 is 4.79 Å². The summed E-state index contributed by atoms with van der Waals surface area (Å²) in [7, 11) is 0. The van der Waals surface area contributed by atoms with E-state index in [2.05, 4.69) is 0 Å². The fourth-order valence-corrected chi connectivity index (χ4v) is 2.67. The Morgan fingerprint density at radius 1 is 1.27 bits per heavy atom. The number of carbonyl (C=O) groups is 1. The second kappa shape index (κ2) is 6.41. The van der Waals surface area contributed by atoms with Crippen molar-refractivity contribution in [1.82, 2.24) is 0 Å². The first-order valence-corrected chi connectivity index (χ1v) is 6.46. The normalized spacial score (nSPS) is 10.3. The van der Waals surface area contributed by atoms with Crippen molar-refractivity contribution in [2.75, 3.05) is 5.75 Å². The highest BCUT2D eigenvalue weighted by Gasteiger charge is 2.03. The molecule has 0 saturated heterocycles. The average molecular weight is 263 g/mol. The van der Waals surface area contributed by atoms with Crippen molar-refractivity contribution in [2.45, 2.75) is 24.7 Å². The topological polar surface area (TPSA) is 17.1 Å². The van der Waals surface area contributed by atoms with Crippen LogP contribution in [-0.4, -0.2) is 11.5 Å². The van der Waals surface area contributed by atoms with Gasteiger partial charge in [-0.1, -0.05) is 30.1 Å². The lowest BCUT2D eigenvalue weighted by molar-refractivity contribution is -0.116. The molecule has 0 aliphatic heterocycles. The molecule has 0 aromatic heterocycles. The van der Waals surface area contributed by atoms with Crippen molar-refractivity contribution >= 4 is 40.7 Å². The molecule has 0 aliphatic rings. The smallest absolute Gasteiger partial charge is 0.143 e. The maximum absolute atomic E-state index is 11.3. The van der Waals surface area contributed by atoms with E-state index in [1.807, 2.05) is 19.1 Å². The Balaban J connectivity index is 2.54. The molecule has 15 heavy (non-hydrogen) atoms. The Morgan fingerprint density at radius 3 is 2.40 bits per heavy atom. The van der Waals surface area contributed by atoms with Gasteiger partial charge in [0.15, 0.2) is 0 Å². The molecule has 0 spiro atoms. The average Bonchev–Trinajstić information content (AvgIpc) is 2.14. The van der Waals surface area contributed by atoms with E-state index in [1.165, 1.54) is 11.8 Å². The first-order chi connectivity index (χ1) is 7.11. The van der Waals surface area contributed by atoms with Crippen LogP contribution in [0.25, 0.3) is 0 Å². The summed E-state index contributed by atoms with van der Waals surface area (Å²) in [4.78, 5) is 12.2. The second-order valence-corrected chi connectivity index (χ2v) is 5.10. The molecule has 1 aromatic carbocycles. The summed E-state index contributed by atoms with van der Waals surface area (Å²) >= 11 is 13.2. The zero-order valence-corrected chi connectivity index (χ0v) is 10.8. The Bertz CT molecular complexity index is 332. The van der Waals surface area contributed by atoms with Gasteiger partial charge in [-0.3, -0.25) is 4.79 Å². The Labute approximate surface area is 104 Å². The molecule has 1 rings (SSSR count). The quantitative estimate of drug-likeness (QED) is 0.730. The number of thioether (sulfide) groups is 1. The number of ketones is 1. The molecule has 0 bridgehead atoms. The number of hydrogen-bond acceptors (Lipinski definition) is 2. The minimum Gasteiger partial charge on any atom is -0.299 e. The molecule has 0 aliphatic carbocycles. The predicted octanol–water partition coefficient (Wildman–Crippen LogP) is 4.45. The molecule has 0 fully saturated rings. The maximum Gasteiger partial charge on any atom is 0.143 e. The zero-order valence-electron chi connectivity index (χ0n) is 8.43. The van der Waals surface area contributed by atoms with Crippen LogP contribution in [0.1, 0.15) is 19.8 Å². The Kier molecular flexibility index (Phi) is 5.51. The van der Waals surface area contributed by atoms with Gasteiger partial charge in [0.2, 0.25) is 0 Å². The molecule has 0 radical (unpaired) electrons. The van der Waals surface area contributed by atoms with E-state index in [1.54, 1.807) is 6.07 Å². The summed E-state index contributed by atoms with van der Waals surface area (Å²) < 4.78 is 0. The molecule has 4 heteroatoms. The van der Waals surface area contributed by atoms with Crippen LogP contribution in [0, 0.1) is 0 Å². The van der Waals surface area contributed by atoms with E-state index in [4.69, 9.17) is 23.2 Å². The van der Waals surface area contributed by atoms with Crippen molar-refractivity contribution in [3.8, 4) is 0 Å². The van der Waals surface area contributed by atoms with Crippen molar-refractivity contribution in [1.29, 1.82) is 0 Å². The van der Waals surface area contributed by atoms with Gasteiger partial charge in [0.1, 0.15) is 5.78 Å². The number of benzene rings is 1. The highest BCUT2D eigenvalue weighted by atomic mass is 35.5. The Hall–Kier alpha value is -0.180. The fourth-order valence-electron chi connectivity index (χ4n) is 1.13. The maximum atomic E-state index is 11.3.